The van der Waals surface area contributed by atoms with Crippen molar-refractivity contribution < 1.29 is 24.1 Å². The van der Waals surface area contributed by atoms with Gasteiger partial charge in [-0.3, -0.25) is 4.99 Å². The molecule has 17 heavy (non-hydrogen) atoms. The lowest BCUT2D eigenvalue weighted by Crippen LogP contribution is -2.29. The van der Waals surface area contributed by atoms with Crippen molar-refractivity contribution >= 4 is 11.9 Å². The number of ether oxygens (including phenoxy) is 1. The zero-order valence-corrected chi connectivity index (χ0v) is 9.09. The number of aliphatic imine (C=N–C) groups is 1. The number of halogens is 1. The van der Waals surface area contributed by atoms with Gasteiger partial charge in [0, 0.05) is 0 Å². The summed E-state index contributed by atoms with van der Waals surface area (Å²) in [7, 11) is 1.13. The second kappa shape index (κ2) is 5.95. The second-order valence-electron chi connectivity index (χ2n) is 3.16. The van der Waals surface area contributed by atoms with Gasteiger partial charge >= 0.3 is 5.97 Å². The number of hydrogen-bond acceptors (Lipinski definition) is 5. The molecular formula is C11H11FNO4-. The monoisotopic (exact) mass is 240 g/mol. The van der Waals surface area contributed by atoms with Crippen LogP contribution in [0.2, 0.25) is 0 Å². The number of aliphatic hydroxyl groups excluding tert-OH is 1. The first-order valence-corrected chi connectivity index (χ1v) is 4.78. The molecule has 0 radical (unpaired) electrons. The molecule has 92 valence electrons. The maximum Gasteiger partial charge on any atom is 0.332 e. The molecule has 0 aromatic heterocycles. The third kappa shape index (κ3) is 3.53. The van der Waals surface area contributed by atoms with Crippen LogP contribution in [0.15, 0.2) is 29.3 Å². The maximum absolute atomic E-state index is 12.6. The van der Waals surface area contributed by atoms with E-state index in [0.29, 0.717) is 0 Å². The highest BCUT2D eigenvalue weighted by atomic mass is 19.1. The lowest BCUT2D eigenvalue weighted by Gasteiger charge is -2.14. The van der Waals surface area contributed by atoms with E-state index in [2.05, 4.69) is 9.73 Å². The molecule has 0 bridgehead atoms. The number of benzene rings is 1. The molecule has 0 aliphatic heterocycles. The molecule has 0 saturated heterocycles. The first-order chi connectivity index (χ1) is 8.08. The van der Waals surface area contributed by atoms with E-state index in [9.17, 15) is 14.3 Å². The number of carbonyl (C=O) groups is 1. The van der Waals surface area contributed by atoms with Crippen LogP contribution in [-0.4, -0.2) is 36.7 Å². The van der Waals surface area contributed by atoms with Crippen molar-refractivity contribution in [2.45, 2.75) is 6.04 Å². The van der Waals surface area contributed by atoms with Gasteiger partial charge in [-0.2, -0.15) is 0 Å². The van der Waals surface area contributed by atoms with Gasteiger partial charge in [0.2, 0.25) is 0 Å². The van der Waals surface area contributed by atoms with Crippen molar-refractivity contribution in [3.63, 3.8) is 0 Å². The molecule has 0 fully saturated rings. The average Bonchev–Trinajstić information content (AvgIpc) is 2.35. The minimum absolute atomic E-state index is 0.133. The summed E-state index contributed by atoms with van der Waals surface area (Å²) in [5.41, 5.74) is 0.133. The van der Waals surface area contributed by atoms with Crippen LogP contribution < -0.4 is 5.11 Å². The van der Waals surface area contributed by atoms with Gasteiger partial charge in [-0.25, -0.2) is 9.18 Å². The van der Waals surface area contributed by atoms with Crippen LogP contribution in [0, 0.1) is 5.82 Å². The van der Waals surface area contributed by atoms with Crippen molar-refractivity contribution in [1.29, 1.82) is 0 Å². The van der Waals surface area contributed by atoms with Crippen LogP contribution in [0.5, 0.6) is 0 Å². The molecule has 6 heteroatoms. The highest BCUT2D eigenvalue weighted by Crippen LogP contribution is 2.04. The fraction of sp³-hybridized carbons (Fsp3) is 0.273. The Labute approximate surface area is 97.2 Å². The van der Waals surface area contributed by atoms with Crippen LogP contribution in [0.25, 0.3) is 0 Å². The molecule has 0 saturated carbocycles. The quantitative estimate of drug-likeness (QED) is 0.435. The van der Waals surface area contributed by atoms with Gasteiger partial charge in [-0.1, -0.05) is 12.1 Å². The summed E-state index contributed by atoms with van der Waals surface area (Å²) >= 11 is 0. The van der Waals surface area contributed by atoms with E-state index in [-0.39, 0.29) is 5.56 Å². The van der Waals surface area contributed by atoms with Crippen molar-refractivity contribution in [3.8, 4) is 0 Å². The van der Waals surface area contributed by atoms with E-state index < -0.39 is 30.3 Å². The van der Waals surface area contributed by atoms with Crippen LogP contribution in [-0.2, 0) is 9.53 Å². The van der Waals surface area contributed by atoms with Gasteiger partial charge in [0.15, 0.2) is 6.04 Å². The fourth-order valence-electron chi connectivity index (χ4n) is 1.11. The smallest absolute Gasteiger partial charge is 0.332 e. The molecule has 5 nitrogen and oxygen atoms in total. The molecule has 1 aromatic rings. The van der Waals surface area contributed by atoms with Crippen molar-refractivity contribution in [3.05, 3.63) is 35.6 Å². The van der Waals surface area contributed by atoms with Crippen LogP contribution >= 0.6 is 0 Å². The maximum atomic E-state index is 12.6. The number of aliphatic hydroxyl groups is 1. The molecular weight excluding hydrogens is 229 g/mol. The summed E-state index contributed by atoms with van der Waals surface area (Å²) < 4.78 is 17.0. The van der Waals surface area contributed by atoms with Gasteiger partial charge in [-0.05, 0) is 23.6 Å². The summed E-state index contributed by atoms with van der Waals surface area (Å²) in [6, 6.07) is 3.45. The third-order valence-corrected chi connectivity index (χ3v) is 2.01. The molecule has 0 amide bonds. The van der Waals surface area contributed by atoms with Gasteiger partial charge in [0.05, 0.1) is 13.7 Å². The number of methoxy groups -OCH3 is 1. The highest BCUT2D eigenvalue weighted by molar-refractivity contribution is 5.92. The van der Waals surface area contributed by atoms with E-state index in [1.54, 1.807) is 0 Å². The van der Waals surface area contributed by atoms with Gasteiger partial charge < -0.3 is 14.9 Å². The lowest BCUT2D eigenvalue weighted by atomic mass is 10.2. The Hall–Kier alpha value is -1.95. The zero-order chi connectivity index (χ0) is 12.8. The molecule has 0 aliphatic rings. The highest BCUT2D eigenvalue weighted by Gasteiger charge is 2.15. The Balaban J connectivity index is 2.90. The minimum atomic E-state index is -1.25. The first-order valence-electron chi connectivity index (χ1n) is 4.78. The average molecular weight is 240 g/mol. The first kappa shape index (κ1) is 13.1. The summed E-state index contributed by atoms with van der Waals surface area (Å²) in [5, 5.41) is 20.4. The molecule has 1 aromatic carbocycles. The largest absolute Gasteiger partial charge is 0.858 e. The molecule has 1 atom stereocenters. The second-order valence-corrected chi connectivity index (χ2v) is 3.16. The van der Waals surface area contributed by atoms with Crippen LogP contribution in [0.4, 0.5) is 4.39 Å². The molecule has 0 aliphatic carbocycles. The lowest BCUT2D eigenvalue weighted by molar-refractivity contribution is -0.213. The van der Waals surface area contributed by atoms with E-state index >= 15 is 0 Å². The summed E-state index contributed by atoms with van der Waals surface area (Å²) in [5.74, 6) is -1.99. The van der Waals surface area contributed by atoms with E-state index in [4.69, 9.17) is 5.11 Å². The Morgan fingerprint density at radius 1 is 1.53 bits per heavy atom. The van der Waals surface area contributed by atoms with E-state index in [0.717, 1.165) is 19.2 Å². The number of rotatable bonds is 4. The molecule has 1 unspecified atom stereocenters. The van der Waals surface area contributed by atoms with Crippen LogP contribution in [0.1, 0.15) is 5.56 Å². The summed E-state index contributed by atoms with van der Waals surface area (Å²) in [6.45, 7) is -0.625. The predicted molar refractivity (Wildman–Crippen MR) is 55.8 cm³/mol. The van der Waals surface area contributed by atoms with E-state index in [1.165, 1.54) is 12.1 Å². The van der Waals surface area contributed by atoms with Gasteiger partial charge in [-0.15, -0.1) is 0 Å². The number of hydrogen-bond donors (Lipinski definition) is 1. The van der Waals surface area contributed by atoms with Crippen LogP contribution in [0.3, 0.4) is 0 Å². The predicted octanol–water partition coefficient (Wildman–Crippen LogP) is -0.534. The number of esters is 1. The molecule has 0 heterocycles. The fourth-order valence-corrected chi connectivity index (χ4v) is 1.11. The van der Waals surface area contributed by atoms with Crippen molar-refractivity contribution in [1.82, 2.24) is 0 Å². The number of nitrogens with zero attached hydrogens (tertiary/aromatic N) is 1. The molecule has 1 N–H and O–H groups in total. The van der Waals surface area contributed by atoms with E-state index in [1.807, 2.05) is 0 Å². The molecule has 0 spiro atoms. The number of carbonyl (C=O) groups excluding carboxylic acids is 1. The van der Waals surface area contributed by atoms with Crippen molar-refractivity contribution in [2.75, 3.05) is 13.7 Å². The Morgan fingerprint density at radius 2 is 2.12 bits per heavy atom. The Bertz CT molecular complexity index is 416. The summed E-state index contributed by atoms with van der Waals surface area (Å²) in [6.07, 6.45) is 0. The third-order valence-electron chi connectivity index (χ3n) is 2.01. The SMILES string of the molecule is COC(=O)C(CO)N=C([O-])c1ccc(F)cc1. The minimum Gasteiger partial charge on any atom is -0.858 e. The topological polar surface area (TPSA) is 82.0 Å². The zero-order valence-electron chi connectivity index (χ0n) is 9.09. The van der Waals surface area contributed by atoms with Gasteiger partial charge in [0.25, 0.3) is 0 Å². The summed E-state index contributed by atoms with van der Waals surface area (Å²) in [4.78, 5) is 14.6. The Kier molecular flexibility index (Phi) is 4.59. The normalized spacial score (nSPS) is 13.2. The van der Waals surface area contributed by atoms with Gasteiger partial charge in [0.1, 0.15) is 5.82 Å². The van der Waals surface area contributed by atoms with Crippen molar-refractivity contribution in [2.24, 2.45) is 4.99 Å². The molecule has 1 rings (SSSR count). The Morgan fingerprint density at radius 3 is 2.59 bits per heavy atom. The standard InChI is InChI=1S/C11H12FNO4/c1-17-11(16)9(6-14)13-10(15)7-2-4-8(12)5-3-7/h2-5,9,14H,6H2,1H3,(H,13,15)/p-1.